The number of alkyl halides is 1. The van der Waals surface area contributed by atoms with Gasteiger partial charge < -0.3 is 4.57 Å². The van der Waals surface area contributed by atoms with Gasteiger partial charge in [0, 0.05) is 45.6 Å². The molecule has 20 heavy (non-hydrogen) atoms. The molecule has 1 aromatic carbocycles. The summed E-state index contributed by atoms with van der Waals surface area (Å²) in [6.45, 7) is 2.15. The fraction of sp³-hybridized carbons (Fsp3) is 0.500. The maximum absolute atomic E-state index is 11.3. The Kier molecular flexibility index (Phi) is 5.64. The highest BCUT2D eigenvalue weighted by Crippen LogP contribution is 2.26. The molecule has 2 unspecified atom stereocenters. The van der Waals surface area contributed by atoms with Crippen LogP contribution in [0.5, 0.6) is 0 Å². The van der Waals surface area contributed by atoms with Crippen LogP contribution in [0, 0.1) is 0 Å². The van der Waals surface area contributed by atoms with Crippen molar-refractivity contribution in [2.24, 2.45) is 0 Å². The number of imidazole rings is 1. The van der Waals surface area contributed by atoms with E-state index in [1.165, 1.54) is 0 Å². The summed E-state index contributed by atoms with van der Waals surface area (Å²) in [7, 11) is -0.765. The van der Waals surface area contributed by atoms with E-state index in [0.29, 0.717) is 11.6 Å². The van der Waals surface area contributed by atoms with Crippen molar-refractivity contribution in [2.75, 3.05) is 17.9 Å². The molecule has 2 atom stereocenters. The van der Waals surface area contributed by atoms with Gasteiger partial charge in [0.1, 0.15) is 5.82 Å². The standard InChI is InChI=1S/C14H18BrClN2OS/c1-10(6-8-20(2)19)18-13-9-11(15)3-4-12(13)17-14(18)5-7-16/h3-4,9-10H,5-8H2,1-2H3. The average Bonchev–Trinajstić information content (AvgIpc) is 2.73. The fourth-order valence-electron chi connectivity index (χ4n) is 2.33. The number of rotatable bonds is 6. The third-order valence-electron chi connectivity index (χ3n) is 3.31. The van der Waals surface area contributed by atoms with Gasteiger partial charge in [0.25, 0.3) is 0 Å². The van der Waals surface area contributed by atoms with Crippen molar-refractivity contribution in [3.8, 4) is 0 Å². The lowest BCUT2D eigenvalue weighted by atomic mass is 10.2. The predicted molar refractivity (Wildman–Crippen MR) is 90.1 cm³/mol. The van der Waals surface area contributed by atoms with Crippen molar-refractivity contribution in [3.63, 3.8) is 0 Å². The number of hydrogen-bond acceptors (Lipinski definition) is 2. The molecule has 1 heterocycles. The quantitative estimate of drug-likeness (QED) is 0.715. The lowest BCUT2D eigenvalue weighted by molar-refractivity contribution is 0.525. The molecule has 2 aromatic rings. The second kappa shape index (κ2) is 7.05. The summed E-state index contributed by atoms with van der Waals surface area (Å²) < 4.78 is 14.6. The number of aryl methyl sites for hydroxylation is 1. The number of hydrogen-bond donors (Lipinski definition) is 0. The molecule has 0 spiro atoms. The van der Waals surface area contributed by atoms with Gasteiger partial charge in [-0.3, -0.25) is 4.21 Å². The second-order valence-corrected chi connectivity index (χ2v) is 7.73. The van der Waals surface area contributed by atoms with Gasteiger partial charge in [0.2, 0.25) is 0 Å². The normalized spacial score (nSPS) is 14.6. The highest BCUT2D eigenvalue weighted by Gasteiger charge is 2.16. The molecule has 0 aliphatic heterocycles. The van der Waals surface area contributed by atoms with Gasteiger partial charge >= 0.3 is 0 Å². The van der Waals surface area contributed by atoms with E-state index in [2.05, 4.69) is 38.5 Å². The molecule has 0 fully saturated rings. The van der Waals surface area contributed by atoms with Gasteiger partial charge in [0.15, 0.2) is 0 Å². The second-order valence-electron chi connectivity index (χ2n) is 4.89. The van der Waals surface area contributed by atoms with Crippen LogP contribution in [-0.2, 0) is 17.2 Å². The molecule has 3 nitrogen and oxygen atoms in total. The predicted octanol–water partition coefficient (Wildman–Crippen LogP) is 3.91. The maximum atomic E-state index is 11.3. The monoisotopic (exact) mass is 376 g/mol. The summed E-state index contributed by atoms with van der Waals surface area (Å²) in [5.41, 5.74) is 2.09. The smallest absolute Gasteiger partial charge is 0.111 e. The summed E-state index contributed by atoms with van der Waals surface area (Å²) in [5, 5.41) is 0. The molecule has 0 saturated heterocycles. The van der Waals surface area contributed by atoms with Crippen molar-refractivity contribution >= 4 is 49.4 Å². The molecule has 0 N–H and O–H groups in total. The van der Waals surface area contributed by atoms with Crippen LogP contribution in [0.15, 0.2) is 22.7 Å². The highest BCUT2D eigenvalue weighted by atomic mass is 79.9. The van der Waals surface area contributed by atoms with Gasteiger partial charge in [-0.1, -0.05) is 15.9 Å². The SMILES string of the molecule is CC(CCS(C)=O)n1c(CCCl)nc2ccc(Br)cc21. The number of aromatic nitrogens is 2. The molecule has 0 radical (unpaired) electrons. The van der Waals surface area contributed by atoms with Crippen LogP contribution in [0.3, 0.4) is 0 Å². The van der Waals surface area contributed by atoms with E-state index in [0.717, 1.165) is 34.2 Å². The zero-order chi connectivity index (χ0) is 14.7. The Morgan fingerprint density at radius 1 is 1.50 bits per heavy atom. The van der Waals surface area contributed by atoms with E-state index in [1.807, 2.05) is 12.1 Å². The first-order valence-electron chi connectivity index (χ1n) is 6.55. The number of fused-ring (bicyclic) bond motifs is 1. The molecular weight excluding hydrogens is 360 g/mol. The van der Waals surface area contributed by atoms with Crippen molar-refractivity contribution in [1.29, 1.82) is 0 Å². The van der Waals surface area contributed by atoms with Crippen molar-refractivity contribution in [1.82, 2.24) is 9.55 Å². The minimum absolute atomic E-state index is 0.261. The van der Waals surface area contributed by atoms with E-state index < -0.39 is 10.8 Å². The van der Waals surface area contributed by atoms with E-state index >= 15 is 0 Å². The van der Waals surface area contributed by atoms with E-state index in [9.17, 15) is 4.21 Å². The Hall–Kier alpha value is -0.390. The van der Waals surface area contributed by atoms with E-state index in [-0.39, 0.29) is 6.04 Å². The molecule has 2 rings (SSSR count). The van der Waals surface area contributed by atoms with Gasteiger partial charge in [-0.2, -0.15) is 0 Å². The van der Waals surface area contributed by atoms with Crippen LogP contribution in [0.2, 0.25) is 0 Å². The summed E-state index contributed by atoms with van der Waals surface area (Å²) in [4.78, 5) is 4.67. The number of nitrogens with zero attached hydrogens (tertiary/aromatic N) is 2. The summed E-state index contributed by atoms with van der Waals surface area (Å²) in [5.74, 6) is 2.26. The molecule has 110 valence electrons. The lowest BCUT2D eigenvalue weighted by Crippen LogP contribution is -2.12. The first-order chi connectivity index (χ1) is 9.52. The largest absolute Gasteiger partial charge is 0.325 e. The molecule has 0 bridgehead atoms. The van der Waals surface area contributed by atoms with Crippen molar-refractivity contribution < 1.29 is 4.21 Å². The van der Waals surface area contributed by atoms with Crippen LogP contribution in [0.4, 0.5) is 0 Å². The average molecular weight is 378 g/mol. The van der Waals surface area contributed by atoms with Crippen LogP contribution < -0.4 is 0 Å². The van der Waals surface area contributed by atoms with Crippen LogP contribution in [-0.4, -0.2) is 31.6 Å². The fourth-order valence-corrected chi connectivity index (χ4v) is 3.53. The molecule has 6 heteroatoms. The summed E-state index contributed by atoms with van der Waals surface area (Å²) >= 11 is 9.40. The molecule has 0 saturated carbocycles. The first kappa shape index (κ1) is 16.0. The minimum Gasteiger partial charge on any atom is -0.325 e. The Morgan fingerprint density at radius 2 is 2.25 bits per heavy atom. The first-order valence-corrected chi connectivity index (χ1v) is 9.60. The molecular formula is C14H18BrClN2OS. The van der Waals surface area contributed by atoms with Gasteiger partial charge in [0.05, 0.1) is 11.0 Å². The van der Waals surface area contributed by atoms with Crippen LogP contribution in [0.25, 0.3) is 11.0 Å². The molecule has 0 amide bonds. The van der Waals surface area contributed by atoms with Crippen LogP contribution in [0.1, 0.15) is 25.2 Å². The topological polar surface area (TPSA) is 34.9 Å². The third-order valence-corrected chi connectivity index (χ3v) is 4.80. The molecule has 0 aliphatic rings. The number of benzene rings is 1. The van der Waals surface area contributed by atoms with E-state index in [4.69, 9.17) is 11.6 Å². The van der Waals surface area contributed by atoms with Gasteiger partial charge in [-0.25, -0.2) is 4.98 Å². The highest BCUT2D eigenvalue weighted by molar-refractivity contribution is 9.10. The summed E-state index contributed by atoms with van der Waals surface area (Å²) in [6, 6.07) is 6.35. The Labute approximate surface area is 135 Å². The van der Waals surface area contributed by atoms with Crippen LogP contribution >= 0.6 is 27.5 Å². The minimum atomic E-state index is -0.765. The zero-order valence-electron chi connectivity index (χ0n) is 11.6. The molecule has 1 aromatic heterocycles. The Balaban J connectivity index is 2.43. The maximum Gasteiger partial charge on any atom is 0.111 e. The van der Waals surface area contributed by atoms with E-state index in [1.54, 1.807) is 6.26 Å². The zero-order valence-corrected chi connectivity index (χ0v) is 14.8. The molecule has 0 aliphatic carbocycles. The van der Waals surface area contributed by atoms with Gasteiger partial charge in [-0.15, -0.1) is 11.6 Å². The third kappa shape index (κ3) is 3.62. The Morgan fingerprint density at radius 3 is 2.90 bits per heavy atom. The number of halogens is 2. The Bertz CT molecular complexity index is 629. The van der Waals surface area contributed by atoms with Gasteiger partial charge in [-0.05, 0) is 31.5 Å². The van der Waals surface area contributed by atoms with Crippen molar-refractivity contribution in [3.05, 3.63) is 28.5 Å². The lowest BCUT2D eigenvalue weighted by Gasteiger charge is -2.17. The van der Waals surface area contributed by atoms with Crippen molar-refractivity contribution in [2.45, 2.75) is 25.8 Å². The summed E-state index contributed by atoms with van der Waals surface area (Å²) in [6.07, 6.45) is 3.36.